The SMILES string of the molecule is O=C(O)[C@@H](c1cccc(F)c1)N1CCCCC1. The highest BCUT2D eigenvalue weighted by Crippen LogP contribution is 2.25. The Hall–Kier alpha value is -1.42. The molecule has 1 N–H and O–H groups in total. The lowest BCUT2D eigenvalue weighted by atomic mass is 10.0. The predicted octanol–water partition coefficient (Wildman–Crippen LogP) is 2.44. The highest BCUT2D eigenvalue weighted by atomic mass is 19.1. The maximum absolute atomic E-state index is 13.1. The second-order valence-corrected chi connectivity index (χ2v) is 4.39. The Labute approximate surface area is 99.9 Å². The van der Waals surface area contributed by atoms with Gasteiger partial charge < -0.3 is 5.11 Å². The Morgan fingerprint density at radius 2 is 2.00 bits per heavy atom. The van der Waals surface area contributed by atoms with Crippen LogP contribution < -0.4 is 0 Å². The van der Waals surface area contributed by atoms with Gasteiger partial charge in [-0.1, -0.05) is 18.6 Å². The number of carbonyl (C=O) groups is 1. The van der Waals surface area contributed by atoms with Crippen LogP contribution in [0.3, 0.4) is 0 Å². The first-order chi connectivity index (χ1) is 8.18. The molecule has 0 bridgehead atoms. The number of carboxylic acid groups (broad SMARTS) is 1. The van der Waals surface area contributed by atoms with Crippen LogP contribution in [0.15, 0.2) is 24.3 Å². The summed E-state index contributed by atoms with van der Waals surface area (Å²) in [4.78, 5) is 13.3. The van der Waals surface area contributed by atoms with Crippen LogP contribution >= 0.6 is 0 Å². The molecule has 1 aromatic rings. The molecule has 1 heterocycles. The van der Waals surface area contributed by atoms with Crippen molar-refractivity contribution < 1.29 is 14.3 Å². The average Bonchev–Trinajstić information content (AvgIpc) is 2.30. The lowest BCUT2D eigenvalue weighted by Crippen LogP contribution is -2.37. The highest BCUT2D eigenvalue weighted by molar-refractivity contribution is 5.75. The second kappa shape index (κ2) is 5.27. The largest absolute Gasteiger partial charge is 0.480 e. The van der Waals surface area contributed by atoms with E-state index in [1.165, 1.54) is 12.1 Å². The summed E-state index contributed by atoms with van der Waals surface area (Å²) in [6, 6.07) is 5.17. The normalized spacial score (nSPS) is 18.9. The smallest absolute Gasteiger partial charge is 0.325 e. The minimum atomic E-state index is -0.905. The minimum Gasteiger partial charge on any atom is -0.480 e. The Bertz CT molecular complexity index is 402. The van der Waals surface area contributed by atoms with E-state index >= 15 is 0 Å². The van der Waals surface area contributed by atoms with E-state index in [0.29, 0.717) is 5.56 Å². The summed E-state index contributed by atoms with van der Waals surface area (Å²) in [7, 11) is 0. The number of aliphatic carboxylic acids is 1. The van der Waals surface area contributed by atoms with Crippen molar-refractivity contribution in [2.24, 2.45) is 0 Å². The van der Waals surface area contributed by atoms with Crippen LogP contribution in [0.4, 0.5) is 4.39 Å². The zero-order valence-electron chi connectivity index (χ0n) is 9.60. The van der Waals surface area contributed by atoms with E-state index in [4.69, 9.17) is 0 Å². The number of hydrogen-bond donors (Lipinski definition) is 1. The molecule has 92 valence electrons. The molecule has 1 fully saturated rings. The first-order valence-corrected chi connectivity index (χ1v) is 5.91. The van der Waals surface area contributed by atoms with Crippen molar-refractivity contribution in [3.63, 3.8) is 0 Å². The molecule has 0 radical (unpaired) electrons. The zero-order valence-corrected chi connectivity index (χ0v) is 9.60. The summed E-state index contributed by atoms with van der Waals surface area (Å²) >= 11 is 0. The molecule has 17 heavy (non-hydrogen) atoms. The molecular weight excluding hydrogens is 221 g/mol. The van der Waals surface area contributed by atoms with E-state index < -0.39 is 12.0 Å². The number of likely N-dealkylation sites (tertiary alicyclic amines) is 1. The van der Waals surface area contributed by atoms with Crippen LogP contribution in [-0.4, -0.2) is 29.1 Å². The van der Waals surface area contributed by atoms with Gasteiger partial charge in [-0.15, -0.1) is 0 Å². The summed E-state index contributed by atoms with van der Waals surface area (Å²) in [6.45, 7) is 1.54. The van der Waals surface area contributed by atoms with Crippen molar-refractivity contribution in [2.75, 3.05) is 13.1 Å². The third-order valence-electron chi connectivity index (χ3n) is 3.15. The topological polar surface area (TPSA) is 40.5 Å². The van der Waals surface area contributed by atoms with E-state index in [1.807, 2.05) is 4.90 Å². The van der Waals surface area contributed by atoms with Gasteiger partial charge in [-0.3, -0.25) is 9.69 Å². The predicted molar refractivity (Wildman–Crippen MR) is 62.2 cm³/mol. The molecule has 0 aliphatic carbocycles. The van der Waals surface area contributed by atoms with E-state index in [9.17, 15) is 14.3 Å². The molecule has 4 heteroatoms. The summed E-state index contributed by atoms with van der Waals surface area (Å²) in [5.74, 6) is -1.29. The van der Waals surface area contributed by atoms with Crippen molar-refractivity contribution >= 4 is 5.97 Å². The molecule has 1 atom stereocenters. The fourth-order valence-electron chi connectivity index (χ4n) is 2.36. The summed E-state index contributed by atoms with van der Waals surface area (Å²) in [6.07, 6.45) is 3.17. The molecule has 0 unspecified atom stereocenters. The standard InChI is InChI=1S/C13H16FNO2/c14-11-6-4-5-10(9-11)12(13(16)17)15-7-2-1-3-8-15/h4-6,9,12H,1-3,7-8H2,(H,16,17)/t12-/m1/s1. The Morgan fingerprint density at radius 3 is 2.59 bits per heavy atom. The first kappa shape index (κ1) is 12.0. The van der Waals surface area contributed by atoms with Crippen LogP contribution in [0.25, 0.3) is 0 Å². The van der Waals surface area contributed by atoms with E-state index in [2.05, 4.69) is 0 Å². The van der Waals surface area contributed by atoms with Gasteiger partial charge in [0.05, 0.1) is 0 Å². The highest BCUT2D eigenvalue weighted by Gasteiger charge is 2.28. The zero-order chi connectivity index (χ0) is 12.3. The number of benzene rings is 1. The van der Waals surface area contributed by atoms with Crippen molar-refractivity contribution in [3.8, 4) is 0 Å². The van der Waals surface area contributed by atoms with Gasteiger partial charge in [0.2, 0.25) is 0 Å². The van der Waals surface area contributed by atoms with E-state index in [0.717, 1.165) is 32.4 Å². The number of rotatable bonds is 3. The van der Waals surface area contributed by atoms with Gasteiger partial charge in [0.25, 0.3) is 0 Å². The third kappa shape index (κ3) is 2.82. The van der Waals surface area contributed by atoms with E-state index in [-0.39, 0.29) is 5.82 Å². The van der Waals surface area contributed by atoms with Crippen molar-refractivity contribution in [1.29, 1.82) is 0 Å². The quantitative estimate of drug-likeness (QED) is 0.877. The van der Waals surface area contributed by atoms with Gasteiger partial charge in [-0.2, -0.15) is 0 Å². The van der Waals surface area contributed by atoms with Crippen molar-refractivity contribution in [1.82, 2.24) is 4.90 Å². The molecule has 0 spiro atoms. The van der Waals surface area contributed by atoms with E-state index in [1.54, 1.807) is 12.1 Å². The molecule has 1 saturated heterocycles. The third-order valence-corrected chi connectivity index (χ3v) is 3.15. The van der Waals surface area contributed by atoms with Crippen molar-refractivity contribution in [2.45, 2.75) is 25.3 Å². The fraction of sp³-hybridized carbons (Fsp3) is 0.462. The molecule has 1 aliphatic heterocycles. The van der Waals surface area contributed by atoms with Crippen molar-refractivity contribution in [3.05, 3.63) is 35.6 Å². The van der Waals surface area contributed by atoms with Gasteiger partial charge in [-0.25, -0.2) is 4.39 Å². The molecule has 3 nitrogen and oxygen atoms in total. The molecule has 2 rings (SSSR count). The Balaban J connectivity index is 2.25. The maximum atomic E-state index is 13.1. The Morgan fingerprint density at radius 1 is 1.29 bits per heavy atom. The maximum Gasteiger partial charge on any atom is 0.325 e. The van der Waals surface area contributed by atoms with Gasteiger partial charge in [-0.05, 0) is 43.6 Å². The molecule has 0 saturated carbocycles. The monoisotopic (exact) mass is 237 g/mol. The second-order valence-electron chi connectivity index (χ2n) is 4.39. The Kier molecular flexibility index (Phi) is 3.74. The lowest BCUT2D eigenvalue weighted by Gasteiger charge is -2.32. The lowest BCUT2D eigenvalue weighted by molar-refractivity contribution is -0.144. The minimum absolute atomic E-state index is 0.384. The first-order valence-electron chi connectivity index (χ1n) is 5.91. The molecule has 1 aliphatic rings. The van der Waals surface area contributed by atoms with Gasteiger partial charge in [0.1, 0.15) is 11.9 Å². The van der Waals surface area contributed by atoms with Crippen LogP contribution in [0.2, 0.25) is 0 Å². The number of carboxylic acids is 1. The summed E-state index contributed by atoms with van der Waals surface area (Å²) in [5, 5.41) is 9.31. The van der Waals surface area contributed by atoms with Gasteiger partial charge in [0, 0.05) is 0 Å². The molecule has 1 aromatic carbocycles. The van der Waals surface area contributed by atoms with Crippen LogP contribution in [0, 0.1) is 5.82 Å². The number of nitrogens with zero attached hydrogens (tertiary/aromatic N) is 1. The number of halogens is 1. The number of hydrogen-bond acceptors (Lipinski definition) is 2. The van der Waals surface area contributed by atoms with Crippen LogP contribution in [0.1, 0.15) is 30.9 Å². The summed E-state index contributed by atoms with van der Waals surface area (Å²) in [5.41, 5.74) is 0.527. The fourth-order valence-corrected chi connectivity index (χ4v) is 2.36. The summed E-state index contributed by atoms with van der Waals surface area (Å²) < 4.78 is 13.1. The molecular formula is C13H16FNO2. The van der Waals surface area contributed by atoms with Crippen LogP contribution in [-0.2, 0) is 4.79 Å². The van der Waals surface area contributed by atoms with Gasteiger partial charge >= 0.3 is 5.97 Å². The average molecular weight is 237 g/mol. The molecule has 0 aromatic heterocycles. The molecule has 0 amide bonds. The van der Waals surface area contributed by atoms with Crippen LogP contribution in [0.5, 0.6) is 0 Å². The number of piperidine rings is 1. The van der Waals surface area contributed by atoms with Gasteiger partial charge in [0.15, 0.2) is 0 Å².